The van der Waals surface area contributed by atoms with Gasteiger partial charge in [-0.15, -0.1) is 0 Å². The second-order valence-corrected chi connectivity index (χ2v) is 8.35. The minimum absolute atomic E-state index is 0.144. The molecule has 5 nitrogen and oxygen atoms in total. The molecular weight excluding hydrogens is 386 g/mol. The molecular formula is C26H18N3O2. The first kappa shape index (κ1) is 18.0. The van der Waals surface area contributed by atoms with Crippen LogP contribution in [0.15, 0.2) is 60.9 Å². The molecule has 0 amide bonds. The van der Waals surface area contributed by atoms with Gasteiger partial charge in [-0.05, 0) is 47.0 Å². The van der Waals surface area contributed by atoms with Crippen molar-refractivity contribution in [2.45, 2.75) is 19.3 Å². The first-order valence-corrected chi connectivity index (χ1v) is 10.3. The lowest BCUT2D eigenvalue weighted by atomic mass is 9.64. The molecule has 0 spiro atoms. The second kappa shape index (κ2) is 6.08. The van der Waals surface area contributed by atoms with E-state index in [9.17, 15) is 9.59 Å². The Morgan fingerprint density at radius 2 is 1.74 bits per heavy atom. The zero-order chi connectivity index (χ0) is 21.3. The maximum atomic E-state index is 13.5. The number of hydrogen-bond donors (Lipinski definition) is 0. The van der Waals surface area contributed by atoms with Gasteiger partial charge in [-0.1, -0.05) is 48.5 Å². The Hall–Kier alpha value is -3.86. The normalized spacial score (nSPS) is 21.9. The Bertz CT molecular complexity index is 1490. The van der Waals surface area contributed by atoms with Crippen LogP contribution in [0.25, 0.3) is 27.6 Å². The van der Waals surface area contributed by atoms with Crippen molar-refractivity contribution >= 4 is 44.9 Å². The Balaban J connectivity index is 1.69. The van der Waals surface area contributed by atoms with Crippen LogP contribution in [0.4, 0.5) is 5.69 Å². The van der Waals surface area contributed by atoms with Gasteiger partial charge in [0.2, 0.25) is 0 Å². The van der Waals surface area contributed by atoms with Gasteiger partial charge in [0, 0.05) is 11.8 Å². The minimum atomic E-state index is -1.12. The maximum Gasteiger partial charge on any atom is 0.174 e. The van der Waals surface area contributed by atoms with E-state index in [2.05, 4.69) is 27.4 Å². The molecule has 1 aliphatic carbocycles. The smallest absolute Gasteiger partial charge is 0.174 e. The Morgan fingerprint density at radius 3 is 2.61 bits per heavy atom. The predicted molar refractivity (Wildman–Crippen MR) is 119 cm³/mol. The lowest BCUT2D eigenvalue weighted by Crippen LogP contribution is -2.47. The number of Topliss-reactive ketones (excluding diaryl/α,β-unsaturated/α-hetero) is 2. The highest BCUT2D eigenvalue weighted by atomic mass is 16.2. The molecule has 149 valence electrons. The highest BCUT2D eigenvalue weighted by Crippen LogP contribution is 2.44. The average Bonchev–Trinajstić information content (AvgIpc) is 3.28. The summed E-state index contributed by atoms with van der Waals surface area (Å²) in [6, 6.07) is 16.0. The van der Waals surface area contributed by atoms with Gasteiger partial charge in [-0.3, -0.25) is 14.9 Å². The van der Waals surface area contributed by atoms with Crippen LogP contribution in [0.5, 0.6) is 0 Å². The summed E-state index contributed by atoms with van der Waals surface area (Å²) >= 11 is 0. The van der Waals surface area contributed by atoms with E-state index >= 15 is 0 Å². The minimum Gasteiger partial charge on any atom is -0.297 e. The number of aromatic nitrogens is 2. The highest BCUT2D eigenvalue weighted by Gasteiger charge is 2.50. The van der Waals surface area contributed by atoms with Crippen molar-refractivity contribution in [1.82, 2.24) is 15.3 Å². The first-order chi connectivity index (χ1) is 15.0. The van der Waals surface area contributed by atoms with Gasteiger partial charge < -0.3 is 0 Å². The van der Waals surface area contributed by atoms with Crippen LogP contribution in [0.3, 0.4) is 0 Å². The molecule has 1 aromatic heterocycles. The Labute approximate surface area is 178 Å². The quantitative estimate of drug-likeness (QED) is 0.340. The summed E-state index contributed by atoms with van der Waals surface area (Å²) in [6.45, 7) is 3.52. The molecule has 6 rings (SSSR count). The molecule has 5 heteroatoms. The number of carbonyl (C=O) groups is 2. The van der Waals surface area contributed by atoms with Crippen LogP contribution in [0, 0.1) is 5.92 Å². The fraction of sp³-hybridized carbons (Fsp3) is 0.154. The van der Waals surface area contributed by atoms with Crippen molar-refractivity contribution in [2.24, 2.45) is 5.92 Å². The van der Waals surface area contributed by atoms with Crippen LogP contribution >= 0.6 is 0 Å². The topological polar surface area (TPSA) is 74.0 Å². The molecule has 2 aliphatic rings. The molecule has 0 saturated heterocycles. The summed E-state index contributed by atoms with van der Waals surface area (Å²) < 4.78 is 0. The van der Waals surface area contributed by atoms with Crippen molar-refractivity contribution < 1.29 is 9.59 Å². The zero-order valence-corrected chi connectivity index (χ0v) is 17.1. The molecule has 0 N–H and O–H groups in total. The number of hydrogen-bond acceptors (Lipinski definition) is 4. The van der Waals surface area contributed by atoms with Crippen LogP contribution in [0.1, 0.15) is 41.3 Å². The largest absolute Gasteiger partial charge is 0.297 e. The number of nitrogens with zero attached hydrogens (tertiary/aromatic N) is 3. The molecule has 0 saturated carbocycles. The fourth-order valence-corrected chi connectivity index (χ4v) is 4.94. The van der Waals surface area contributed by atoms with Crippen LogP contribution < -0.4 is 5.32 Å². The van der Waals surface area contributed by atoms with Crippen molar-refractivity contribution in [3.63, 3.8) is 0 Å². The Morgan fingerprint density at radius 1 is 0.935 bits per heavy atom. The molecule has 4 aromatic rings. The van der Waals surface area contributed by atoms with E-state index in [-0.39, 0.29) is 11.6 Å². The number of ketones is 2. The van der Waals surface area contributed by atoms with Crippen LogP contribution in [-0.2, 0) is 10.2 Å². The summed E-state index contributed by atoms with van der Waals surface area (Å²) in [4.78, 5) is 36.1. The average molecular weight is 404 g/mol. The van der Waals surface area contributed by atoms with Crippen molar-refractivity contribution in [3.8, 4) is 0 Å². The highest BCUT2D eigenvalue weighted by molar-refractivity contribution is 6.25. The maximum absolute atomic E-state index is 13.5. The molecule has 31 heavy (non-hydrogen) atoms. The third kappa shape index (κ3) is 2.26. The molecule has 3 aromatic carbocycles. The van der Waals surface area contributed by atoms with Crippen LogP contribution in [-0.4, -0.2) is 21.5 Å². The second-order valence-electron chi connectivity index (χ2n) is 8.35. The van der Waals surface area contributed by atoms with Crippen molar-refractivity contribution in [2.75, 3.05) is 0 Å². The number of benzene rings is 3. The van der Waals surface area contributed by atoms with Crippen molar-refractivity contribution in [1.29, 1.82) is 0 Å². The molecule has 2 atom stereocenters. The third-order valence-corrected chi connectivity index (χ3v) is 6.68. The monoisotopic (exact) mass is 404 g/mol. The standard InChI is InChI=1S/C26H18N3O2/c1-14-23(30)22-18-8-7-15-5-3-4-6-16(15)17(18)9-10-19(22)26(2,24(14)31)25-28-13-21-20(29-25)11-12-27-21/h3-14H,1-2H3. The van der Waals surface area contributed by atoms with E-state index in [1.165, 1.54) is 0 Å². The summed E-state index contributed by atoms with van der Waals surface area (Å²) in [5, 5.41) is 8.29. The summed E-state index contributed by atoms with van der Waals surface area (Å²) in [6.07, 6.45) is 5.12. The van der Waals surface area contributed by atoms with Gasteiger partial charge in [0.05, 0.1) is 17.8 Å². The van der Waals surface area contributed by atoms with Gasteiger partial charge >= 0.3 is 0 Å². The molecule has 2 unspecified atom stereocenters. The van der Waals surface area contributed by atoms with Crippen molar-refractivity contribution in [3.05, 3.63) is 83.6 Å². The molecule has 1 aliphatic heterocycles. The van der Waals surface area contributed by atoms with Gasteiger partial charge in [0.15, 0.2) is 11.6 Å². The number of rotatable bonds is 1. The van der Waals surface area contributed by atoms with E-state index < -0.39 is 11.3 Å². The lowest BCUT2D eigenvalue weighted by Gasteiger charge is -2.36. The Kier molecular flexibility index (Phi) is 3.52. The third-order valence-electron chi connectivity index (χ3n) is 6.68. The zero-order valence-electron chi connectivity index (χ0n) is 17.1. The fourth-order valence-electron chi connectivity index (χ4n) is 4.94. The lowest BCUT2D eigenvalue weighted by molar-refractivity contribution is -0.125. The van der Waals surface area contributed by atoms with E-state index in [0.717, 1.165) is 21.5 Å². The number of carbonyl (C=O) groups excluding carboxylic acids is 2. The predicted octanol–water partition coefficient (Wildman–Crippen LogP) is 4.71. The molecule has 0 bridgehead atoms. The van der Waals surface area contributed by atoms with Crippen LogP contribution in [0.2, 0.25) is 0 Å². The van der Waals surface area contributed by atoms with Gasteiger partial charge in [0.25, 0.3) is 0 Å². The summed E-state index contributed by atoms with van der Waals surface area (Å²) in [7, 11) is 0. The van der Waals surface area contributed by atoms with Gasteiger partial charge in [-0.2, -0.15) is 0 Å². The van der Waals surface area contributed by atoms with E-state index in [1.807, 2.05) is 43.3 Å². The molecule has 0 fully saturated rings. The SMILES string of the molecule is CC1C(=O)c2c(ccc3c2ccc2ccccc23)C(C)(c2ncc3c(n2)C=C[N]3)C1=O. The van der Waals surface area contributed by atoms with Gasteiger partial charge in [-0.25, -0.2) is 9.97 Å². The van der Waals surface area contributed by atoms with E-state index in [0.29, 0.717) is 28.3 Å². The summed E-state index contributed by atoms with van der Waals surface area (Å²) in [5.74, 6) is -0.691. The molecule has 2 heterocycles. The first-order valence-electron chi connectivity index (χ1n) is 10.3. The summed E-state index contributed by atoms with van der Waals surface area (Å²) in [5.41, 5.74) is 1.53. The van der Waals surface area contributed by atoms with E-state index in [1.54, 1.807) is 25.4 Å². The van der Waals surface area contributed by atoms with E-state index in [4.69, 9.17) is 0 Å². The van der Waals surface area contributed by atoms with Gasteiger partial charge in [0.1, 0.15) is 16.9 Å². The molecule has 1 radical (unpaired) electrons. The number of fused-ring (bicyclic) bond motifs is 6.